The highest BCUT2D eigenvalue weighted by Crippen LogP contribution is 2.45. The molecule has 1 amide bonds. The number of carbonyl (C=O) groups is 1. The Labute approximate surface area is 189 Å². The average molecular weight is 430 g/mol. The van der Waals surface area contributed by atoms with Crippen LogP contribution in [0.4, 0.5) is 11.6 Å². The summed E-state index contributed by atoms with van der Waals surface area (Å²) in [6.45, 7) is 3.26. The topological polar surface area (TPSA) is 61.4 Å². The van der Waals surface area contributed by atoms with Crippen molar-refractivity contribution < 1.29 is 4.79 Å². The Hall–Kier alpha value is -2.73. The highest BCUT2D eigenvalue weighted by molar-refractivity contribution is 5.95. The maximum Gasteiger partial charge on any atom is 0.254 e. The number of nitrogens with one attached hydrogen (secondary N) is 1. The number of benzene rings is 1. The van der Waals surface area contributed by atoms with E-state index in [-0.39, 0.29) is 11.9 Å². The van der Waals surface area contributed by atoms with Crippen LogP contribution in [0.1, 0.15) is 48.9 Å². The molecule has 6 heteroatoms. The van der Waals surface area contributed by atoms with Gasteiger partial charge >= 0.3 is 0 Å². The second-order valence-corrected chi connectivity index (χ2v) is 9.78. The number of fused-ring (bicyclic) bond motifs is 6. The molecule has 3 aliphatic heterocycles. The minimum Gasteiger partial charge on any atom is -0.332 e. The van der Waals surface area contributed by atoms with Gasteiger partial charge in [-0.2, -0.15) is 0 Å². The zero-order valence-corrected chi connectivity index (χ0v) is 18.5. The Kier molecular flexibility index (Phi) is 5.18. The van der Waals surface area contributed by atoms with Crippen LogP contribution in [0.2, 0.25) is 0 Å². The number of carbonyl (C=O) groups excluding carboxylic acids is 1. The Morgan fingerprint density at radius 3 is 2.72 bits per heavy atom. The molecule has 2 bridgehead atoms. The van der Waals surface area contributed by atoms with Crippen LogP contribution in [0.5, 0.6) is 0 Å². The second-order valence-electron chi connectivity index (χ2n) is 9.78. The van der Waals surface area contributed by atoms with Crippen LogP contribution < -0.4 is 5.32 Å². The van der Waals surface area contributed by atoms with E-state index < -0.39 is 0 Å². The van der Waals surface area contributed by atoms with Gasteiger partial charge in [-0.15, -0.1) is 0 Å². The van der Waals surface area contributed by atoms with Gasteiger partial charge in [0, 0.05) is 42.8 Å². The lowest BCUT2D eigenvalue weighted by Crippen LogP contribution is -2.60. The normalized spacial score (nSPS) is 29.5. The molecule has 166 valence electrons. The summed E-state index contributed by atoms with van der Waals surface area (Å²) < 4.78 is 0. The molecule has 4 aliphatic rings. The van der Waals surface area contributed by atoms with Crippen LogP contribution in [0, 0.1) is 11.8 Å². The van der Waals surface area contributed by atoms with Gasteiger partial charge in [0.25, 0.3) is 5.91 Å². The molecule has 2 aromatic rings. The minimum absolute atomic E-state index is 0.169. The van der Waals surface area contributed by atoms with Crippen molar-refractivity contribution in [3.63, 3.8) is 0 Å². The smallest absolute Gasteiger partial charge is 0.254 e. The molecule has 1 aromatic heterocycles. The molecular weight excluding hydrogens is 398 g/mol. The number of aromatic nitrogens is 2. The monoisotopic (exact) mass is 429 g/mol. The zero-order valence-electron chi connectivity index (χ0n) is 18.5. The Balaban J connectivity index is 1.22. The van der Waals surface area contributed by atoms with Gasteiger partial charge in [-0.25, -0.2) is 9.97 Å². The third kappa shape index (κ3) is 3.60. The first kappa shape index (κ1) is 19.9. The van der Waals surface area contributed by atoms with E-state index in [1.54, 1.807) is 18.5 Å². The fraction of sp³-hybridized carbons (Fsp3) is 0.500. The van der Waals surface area contributed by atoms with Gasteiger partial charge in [-0.05, 0) is 80.8 Å². The fourth-order valence-electron chi connectivity index (χ4n) is 6.56. The van der Waals surface area contributed by atoms with Crippen LogP contribution in [0.3, 0.4) is 0 Å². The molecule has 0 radical (unpaired) electrons. The number of anilines is 2. The average Bonchev–Trinajstić information content (AvgIpc) is 2.84. The molecule has 3 fully saturated rings. The highest BCUT2D eigenvalue weighted by atomic mass is 16.2. The van der Waals surface area contributed by atoms with E-state index in [1.165, 1.54) is 37.8 Å². The summed E-state index contributed by atoms with van der Waals surface area (Å²) in [6, 6.07) is 10.6. The summed E-state index contributed by atoms with van der Waals surface area (Å²) in [5.41, 5.74) is 3.19. The Bertz CT molecular complexity index is 1000. The van der Waals surface area contributed by atoms with Crippen molar-refractivity contribution in [3.05, 3.63) is 59.9 Å². The lowest BCUT2D eigenvalue weighted by molar-refractivity contribution is 0.00148. The van der Waals surface area contributed by atoms with Gasteiger partial charge in [-0.3, -0.25) is 9.69 Å². The molecule has 4 atom stereocenters. The molecule has 0 spiro atoms. The fourth-order valence-corrected chi connectivity index (χ4v) is 6.56. The molecule has 3 saturated heterocycles. The summed E-state index contributed by atoms with van der Waals surface area (Å²) in [6.07, 6.45) is 13.5. The van der Waals surface area contributed by atoms with Crippen molar-refractivity contribution in [3.8, 4) is 0 Å². The first-order valence-electron chi connectivity index (χ1n) is 12.2. The van der Waals surface area contributed by atoms with E-state index >= 15 is 0 Å². The summed E-state index contributed by atoms with van der Waals surface area (Å²) in [4.78, 5) is 26.9. The first-order chi connectivity index (χ1) is 15.8. The maximum atomic E-state index is 13.6. The third-order valence-corrected chi connectivity index (χ3v) is 7.87. The van der Waals surface area contributed by atoms with Crippen molar-refractivity contribution in [1.82, 2.24) is 19.8 Å². The SMILES string of the molecule is O=C(c1ccc(Nc2ncccn2)cc1)N1CCCC2=C[C@H]3C[C@@H](CN4CCCC[C@H]34)[C@@H]21. The maximum absolute atomic E-state index is 13.6. The lowest BCUT2D eigenvalue weighted by Gasteiger charge is -2.54. The van der Waals surface area contributed by atoms with Gasteiger partial charge in [0.15, 0.2) is 0 Å². The van der Waals surface area contributed by atoms with Crippen molar-refractivity contribution >= 4 is 17.5 Å². The third-order valence-electron chi connectivity index (χ3n) is 7.87. The van der Waals surface area contributed by atoms with Gasteiger partial charge < -0.3 is 10.2 Å². The number of hydrogen-bond donors (Lipinski definition) is 1. The van der Waals surface area contributed by atoms with Crippen LogP contribution in [0.15, 0.2) is 54.4 Å². The molecule has 0 saturated carbocycles. The first-order valence-corrected chi connectivity index (χ1v) is 12.2. The van der Waals surface area contributed by atoms with E-state index in [2.05, 4.69) is 31.2 Å². The van der Waals surface area contributed by atoms with Crippen molar-refractivity contribution in [2.24, 2.45) is 11.8 Å². The van der Waals surface area contributed by atoms with Crippen molar-refractivity contribution in [2.45, 2.75) is 50.6 Å². The molecule has 0 unspecified atom stereocenters. The lowest BCUT2D eigenvalue weighted by atomic mass is 9.68. The summed E-state index contributed by atoms with van der Waals surface area (Å²) in [5, 5.41) is 3.19. The molecule has 32 heavy (non-hydrogen) atoms. The minimum atomic E-state index is 0.169. The van der Waals surface area contributed by atoms with Crippen LogP contribution in [-0.2, 0) is 0 Å². The van der Waals surface area contributed by atoms with Gasteiger partial charge in [0.05, 0.1) is 6.04 Å². The standard InChI is InChI=1S/C26H31N5O/c32-25(18-7-9-22(10-8-18)29-26-27-11-4-12-28-26)31-14-3-5-19-15-20-16-21(24(19)31)17-30-13-2-1-6-23(20)30/h4,7-12,15,20-21,23-24H,1-3,5-6,13-14,16-17H2,(H,27,28,29)/t20-,21-,23+,24+/m0/s1. The number of amides is 1. The number of hydrogen-bond acceptors (Lipinski definition) is 5. The van der Waals surface area contributed by atoms with Gasteiger partial charge in [0.2, 0.25) is 5.95 Å². The molecule has 1 aliphatic carbocycles. The van der Waals surface area contributed by atoms with Crippen molar-refractivity contribution in [2.75, 3.05) is 25.0 Å². The van der Waals surface area contributed by atoms with E-state index in [0.717, 1.165) is 43.2 Å². The van der Waals surface area contributed by atoms with Crippen LogP contribution in [0.25, 0.3) is 0 Å². The number of piperidine rings is 3. The summed E-state index contributed by atoms with van der Waals surface area (Å²) in [5.74, 6) is 2.00. The predicted molar refractivity (Wildman–Crippen MR) is 125 cm³/mol. The molecular formula is C26H31N5O. The van der Waals surface area contributed by atoms with E-state index in [1.807, 2.05) is 24.3 Å². The predicted octanol–water partition coefficient (Wildman–Crippen LogP) is 4.26. The highest BCUT2D eigenvalue weighted by Gasteiger charge is 2.46. The molecule has 4 heterocycles. The Morgan fingerprint density at radius 1 is 1.03 bits per heavy atom. The van der Waals surface area contributed by atoms with Crippen LogP contribution >= 0.6 is 0 Å². The Morgan fingerprint density at radius 2 is 1.88 bits per heavy atom. The van der Waals surface area contributed by atoms with Crippen molar-refractivity contribution in [1.29, 1.82) is 0 Å². The zero-order chi connectivity index (χ0) is 21.5. The number of nitrogens with zero attached hydrogens (tertiary/aromatic N) is 4. The molecule has 1 N–H and O–H groups in total. The van der Waals surface area contributed by atoms with E-state index in [9.17, 15) is 4.79 Å². The van der Waals surface area contributed by atoms with E-state index in [0.29, 0.717) is 17.8 Å². The summed E-state index contributed by atoms with van der Waals surface area (Å²) >= 11 is 0. The van der Waals surface area contributed by atoms with Gasteiger partial charge in [0.1, 0.15) is 0 Å². The molecule has 6 nitrogen and oxygen atoms in total. The van der Waals surface area contributed by atoms with Gasteiger partial charge in [-0.1, -0.05) is 18.1 Å². The quantitative estimate of drug-likeness (QED) is 0.739. The largest absolute Gasteiger partial charge is 0.332 e. The molecule has 6 rings (SSSR count). The van der Waals surface area contributed by atoms with Crippen LogP contribution in [-0.4, -0.2) is 57.4 Å². The summed E-state index contributed by atoms with van der Waals surface area (Å²) in [7, 11) is 0. The number of rotatable bonds is 3. The molecule has 1 aromatic carbocycles. The number of likely N-dealkylation sites (tertiary alicyclic amines) is 1. The van der Waals surface area contributed by atoms with E-state index in [4.69, 9.17) is 0 Å². The second kappa shape index (κ2) is 8.32.